The maximum absolute atomic E-state index is 16.1. The van der Waals surface area contributed by atoms with Crippen molar-refractivity contribution in [3.8, 4) is 22.5 Å². The van der Waals surface area contributed by atoms with Crippen LogP contribution in [0, 0.1) is 9.31 Å². The van der Waals surface area contributed by atoms with Crippen molar-refractivity contribution in [2.75, 3.05) is 13.7 Å². The number of rotatable bonds is 13. The van der Waals surface area contributed by atoms with E-state index in [0.717, 1.165) is 20.5 Å². The highest BCUT2D eigenvalue weighted by atomic mass is 127. The van der Waals surface area contributed by atoms with Gasteiger partial charge in [0.1, 0.15) is 12.0 Å². The zero-order valence-corrected chi connectivity index (χ0v) is 34.2. The Bertz CT molecular complexity index is 2130. The Morgan fingerprint density at radius 2 is 1.53 bits per heavy atom. The second-order valence-corrected chi connectivity index (χ2v) is 20.5. The summed E-state index contributed by atoms with van der Waals surface area (Å²) in [4.78, 5) is 9.12. The number of halogens is 4. The summed E-state index contributed by atoms with van der Waals surface area (Å²) in [5, 5.41) is 2.70. The summed E-state index contributed by atoms with van der Waals surface area (Å²) in [5.74, 6) is 0. The zero-order chi connectivity index (χ0) is 38.1. The number of alkyl halides is 3. The summed E-state index contributed by atoms with van der Waals surface area (Å²) in [5.41, 5.74) is 3.18. The monoisotopic (exact) mass is 851 g/mol. The van der Waals surface area contributed by atoms with E-state index in [1.807, 2.05) is 47.7 Å². The molecular formula is C42H45F3IN3O3Si. The Morgan fingerprint density at radius 3 is 2.08 bits per heavy atom. The molecule has 3 aromatic carbocycles. The average Bonchev–Trinajstić information content (AvgIpc) is 3.71. The molecule has 0 amide bonds. The molecule has 0 saturated carbocycles. The lowest BCUT2D eigenvalue weighted by atomic mass is 9.84. The number of fused-ring (bicyclic) bond motifs is 1. The van der Waals surface area contributed by atoms with E-state index in [1.54, 1.807) is 43.8 Å². The normalized spacial score (nSPS) is 13.9. The van der Waals surface area contributed by atoms with E-state index < -0.39 is 32.6 Å². The van der Waals surface area contributed by atoms with Crippen LogP contribution in [0.25, 0.3) is 33.4 Å². The van der Waals surface area contributed by atoms with Crippen molar-refractivity contribution in [1.29, 1.82) is 0 Å². The fourth-order valence-corrected chi connectivity index (χ4v) is 12.6. The molecule has 278 valence electrons. The molecule has 0 aliphatic carbocycles. The van der Waals surface area contributed by atoms with Crippen LogP contribution in [0.2, 0.25) is 5.04 Å². The summed E-state index contributed by atoms with van der Waals surface area (Å²) in [7, 11) is -1.36. The van der Waals surface area contributed by atoms with Crippen LogP contribution in [0.3, 0.4) is 0 Å². The number of aromatic nitrogens is 3. The highest BCUT2D eigenvalue weighted by Crippen LogP contribution is 2.45. The van der Waals surface area contributed by atoms with Gasteiger partial charge in [0.05, 0.1) is 23.0 Å². The van der Waals surface area contributed by atoms with Gasteiger partial charge in [-0.3, -0.25) is 4.98 Å². The predicted molar refractivity (Wildman–Crippen MR) is 216 cm³/mol. The van der Waals surface area contributed by atoms with Gasteiger partial charge >= 0.3 is 0 Å². The lowest BCUT2D eigenvalue weighted by molar-refractivity contribution is 0.0114. The molecule has 53 heavy (non-hydrogen) atoms. The third-order valence-electron chi connectivity index (χ3n) is 9.92. The Morgan fingerprint density at radius 1 is 0.887 bits per heavy atom. The summed E-state index contributed by atoms with van der Waals surface area (Å²) in [6, 6.07) is 29.8. The number of hydrogen-bond acceptors (Lipinski definition) is 5. The standard InChI is InChI=1S/C42H45F3IN3O3Si/c1-27(50-7)36-31(19-14-22-47-36)37-33(32-23-28(34-25-51-40(46)48-34)20-21-35(32)49(37)39(45)38(43)44)24-42(5,6)26-52-53(41(2,3)4,29-15-10-8-11-16-29)30-17-12-9-13-18-30/h8-23,25,27,38-39H,24,26H2,1-7H3. The molecule has 6 nitrogen and oxygen atoms in total. The van der Waals surface area contributed by atoms with Crippen molar-refractivity contribution < 1.29 is 26.8 Å². The third kappa shape index (κ3) is 7.63. The van der Waals surface area contributed by atoms with E-state index in [0.29, 0.717) is 56.0 Å². The van der Waals surface area contributed by atoms with E-state index in [4.69, 9.17) is 13.6 Å². The van der Waals surface area contributed by atoms with Gasteiger partial charge in [0.25, 0.3) is 18.6 Å². The molecule has 0 N–H and O–H groups in total. The van der Waals surface area contributed by atoms with E-state index in [1.165, 1.54) is 0 Å². The molecule has 3 heterocycles. The Balaban J connectivity index is 1.56. The molecule has 2 unspecified atom stereocenters. The van der Waals surface area contributed by atoms with Crippen molar-refractivity contribution in [2.45, 2.75) is 71.8 Å². The lowest BCUT2D eigenvalue weighted by Crippen LogP contribution is -2.67. The summed E-state index contributed by atoms with van der Waals surface area (Å²) in [6.45, 7) is 13.1. The van der Waals surface area contributed by atoms with Gasteiger partial charge in [-0.2, -0.15) is 0 Å². The van der Waals surface area contributed by atoms with Crippen LogP contribution in [0.1, 0.15) is 65.2 Å². The van der Waals surface area contributed by atoms with Gasteiger partial charge in [-0.05, 0) is 64.0 Å². The first-order chi connectivity index (χ1) is 25.2. The first-order valence-corrected chi connectivity index (χ1v) is 20.6. The van der Waals surface area contributed by atoms with E-state index in [2.05, 4.69) is 93.1 Å². The van der Waals surface area contributed by atoms with Gasteiger partial charge < -0.3 is 18.1 Å². The minimum absolute atomic E-state index is 0.253. The quantitative estimate of drug-likeness (QED) is 0.0856. The minimum atomic E-state index is -3.28. The molecule has 0 fully saturated rings. The van der Waals surface area contributed by atoms with Crippen LogP contribution < -0.4 is 10.4 Å². The maximum Gasteiger partial charge on any atom is 0.288 e. The van der Waals surface area contributed by atoms with Crippen LogP contribution in [0.4, 0.5) is 13.2 Å². The van der Waals surface area contributed by atoms with Crippen LogP contribution in [-0.2, 0) is 15.6 Å². The van der Waals surface area contributed by atoms with Gasteiger partial charge in [-0.25, -0.2) is 18.2 Å². The Labute approximate surface area is 324 Å². The van der Waals surface area contributed by atoms with Crippen LogP contribution in [0.5, 0.6) is 0 Å². The first-order valence-electron chi connectivity index (χ1n) is 17.6. The van der Waals surface area contributed by atoms with Crippen molar-refractivity contribution in [3.05, 3.63) is 119 Å². The first kappa shape index (κ1) is 38.9. The highest BCUT2D eigenvalue weighted by molar-refractivity contribution is 14.1. The molecule has 11 heteroatoms. The van der Waals surface area contributed by atoms with Crippen LogP contribution in [0.15, 0.2) is 108 Å². The van der Waals surface area contributed by atoms with Gasteiger partial charge in [0.15, 0.2) is 0 Å². The molecule has 0 radical (unpaired) electrons. The lowest BCUT2D eigenvalue weighted by Gasteiger charge is -2.44. The average molecular weight is 852 g/mol. The number of ether oxygens (including phenoxy) is 1. The van der Waals surface area contributed by atoms with Crippen molar-refractivity contribution in [3.63, 3.8) is 0 Å². The van der Waals surface area contributed by atoms with Gasteiger partial charge in [-0.1, -0.05) is 101 Å². The molecule has 6 rings (SSSR count). The minimum Gasteiger partial charge on any atom is -0.440 e. The molecule has 0 saturated heterocycles. The second kappa shape index (κ2) is 15.5. The fraction of sp³-hybridized carbons (Fsp3) is 0.333. The summed E-state index contributed by atoms with van der Waals surface area (Å²) >= 11 is 2.00. The summed E-state index contributed by atoms with van der Waals surface area (Å²) < 4.78 is 65.5. The van der Waals surface area contributed by atoms with Gasteiger partial charge in [0, 0.05) is 59.0 Å². The number of nitrogens with zero attached hydrogens (tertiary/aromatic N) is 3. The number of oxazole rings is 1. The van der Waals surface area contributed by atoms with Crippen molar-refractivity contribution in [2.24, 2.45) is 5.41 Å². The fourth-order valence-electron chi connectivity index (χ4n) is 7.41. The highest BCUT2D eigenvalue weighted by Gasteiger charge is 2.51. The largest absolute Gasteiger partial charge is 0.440 e. The summed E-state index contributed by atoms with van der Waals surface area (Å²) in [6.07, 6.45) is -2.83. The molecule has 3 aromatic heterocycles. The van der Waals surface area contributed by atoms with Crippen LogP contribution in [-0.4, -0.2) is 43.0 Å². The molecule has 0 bridgehead atoms. The van der Waals surface area contributed by atoms with E-state index in [-0.39, 0.29) is 5.04 Å². The number of hydrogen-bond donors (Lipinski definition) is 0. The van der Waals surface area contributed by atoms with Gasteiger partial charge in [-0.15, -0.1) is 0 Å². The second-order valence-electron chi connectivity index (χ2n) is 15.2. The Kier molecular flexibility index (Phi) is 11.4. The predicted octanol–water partition coefficient (Wildman–Crippen LogP) is 10.5. The topological polar surface area (TPSA) is 62.3 Å². The van der Waals surface area contributed by atoms with E-state index in [9.17, 15) is 8.78 Å². The molecule has 0 spiro atoms. The number of benzene rings is 3. The van der Waals surface area contributed by atoms with Crippen molar-refractivity contribution >= 4 is 52.2 Å². The maximum atomic E-state index is 16.1. The third-order valence-corrected chi connectivity index (χ3v) is 15.4. The molecule has 0 aliphatic rings. The van der Waals surface area contributed by atoms with Crippen molar-refractivity contribution in [1.82, 2.24) is 14.5 Å². The molecule has 2 atom stereocenters. The number of pyridine rings is 1. The number of methoxy groups -OCH3 is 1. The molecule has 6 aromatic rings. The van der Waals surface area contributed by atoms with Crippen LogP contribution >= 0.6 is 22.6 Å². The van der Waals surface area contributed by atoms with E-state index >= 15 is 4.39 Å². The van der Waals surface area contributed by atoms with Gasteiger partial charge in [0.2, 0.25) is 6.30 Å². The molecule has 0 aliphatic heterocycles. The molecular weight excluding hydrogens is 806 g/mol. The SMILES string of the molecule is COC(C)c1ncccc1-c1c(CC(C)(C)CO[Si](c2ccccc2)(c2ccccc2)C(C)(C)C)c2cc(-c3coc(I)n3)ccc2n1C(F)C(F)F. The smallest absolute Gasteiger partial charge is 0.288 e. The Hall–Kier alpha value is -3.78. The zero-order valence-electron chi connectivity index (χ0n) is 31.0.